The Morgan fingerprint density at radius 1 is 1.03 bits per heavy atom. The molecule has 4 nitrogen and oxygen atoms in total. The Kier molecular flexibility index (Phi) is 5.40. The highest BCUT2D eigenvalue weighted by Crippen LogP contribution is 2.42. The molecule has 2 N–H and O–H groups in total. The molecule has 1 heterocycles. The molecule has 0 bridgehead atoms. The van der Waals surface area contributed by atoms with Gasteiger partial charge in [-0.25, -0.2) is 4.98 Å². The van der Waals surface area contributed by atoms with E-state index in [0.717, 1.165) is 28.0 Å². The third-order valence-corrected chi connectivity index (χ3v) is 6.34. The Morgan fingerprint density at radius 2 is 1.77 bits per heavy atom. The summed E-state index contributed by atoms with van der Waals surface area (Å²) in [7, 11) is 0. The van der Waals surface area contributed by atoms with E-state index >= 15 is 0 Å². The molecule has 4 rings (SSSR count). The molecule has 4 aromatic rings. The molecule has 9 heteroatoms. The van der Waals surface area contributed by atoms with Gasteiger partial charge in [-0.1, -0.05) is 36.0 Å². The SMILES string of the molecule is O=C(Nc1ccc(Sc2nc3ccccc3s2)c(C(F)(F)F)c1)c1ccccc1O. The zero-order valence-corrected chi connectivity index (χ0v) is 16.7. The van der Waals surface area contributed by atoms with Gasteiger partial charge in [-0.2, -0.15) is 13.2 Å². The van der Waals surface area contributed by atoms with Gasteiger partial charge in [0.05, 0.1) is 21.3 Å². The van der Waals surface area contributed by atoms with Gasteiger partial charge in [0.15, 0.2) is 4.34 Å². The number of phenols is 1. The van der Waals surface area contributed by atoms with Crippen molar-refractivity contribution < 1.29 is 23.1 Å². The molecule has 0 aliphatic heterocycles. The first-order chi connectivity index (χ1) is 14.3. The van der Waals surface area contributed by atoms with Gasteiger partial charge in [-0.3, -0.25) is 4.79 Å². The van der Waals surface area contributed by atoms with E-state index in [2.05, 4.69) is 10.3 Å². The number of amides is 1. The number of carbonyl (C=O) groups excluding carboxylic acids is 1. The lowest BCUT2D eigenvalue weighted by Crippen LogP contribution is -2.14. The Labute approximate surface area is 177 Å². The first kappa shape index (κ1) is 20.2. The number of anilines is 1. The Hall–Kier alpha value is -3.04. The summed E-state index contributed by atoms with van der Waals surface area (Å²) in [4.78, 5) is 16.7. The summed E-state index contributed by atoms with van der Waals surface area (Å²) >= 11 is 2.24. The molecule has 0 aliphatic rings. The summed E-state index contributed by atoms with van der Waals surface area (Å²) in [6, 6.07) is 16.7. The number of hydrogen-bond donors (Lipinski definition) is 2. The minimum atomic E-state index is -4.62. The quantitative estimate of drug-likeness (QED) is 0.380. The predicted molar refractivity (Wildman–Crippen MR) is 111 cm³/mol. The van der Waals surface area contributed by atoms with Crippen LogP contribution in [0.5, 0.6) is 5.75 Å². The fourth-order valence-electron chi connectivity index (χ4n) is 2.77. The second-order valence-corrected chi connectivity index (χ2v) is 8.55. The average Bonchev–Trinajstić information content (AvgIpc) is 3.11. The first-order valence-corrected chi connectivity index (χ1v) is 10.3. The van der Waals surface area contributed by atoms with Crippen LogP contribution < -0.4 is 5.32 Å². The number of rotatable bonds is 4. The fourth-order valence-corrected chi connectivity index (χ4v) is 4.93. The molecular weight excluding hydrogens is 433 g/mol. The van der Waals surface area contributed by atoms with Crippen LogP contribution in [0.15, 0.2) is 76.0 Å². The van der Waals surface area contributed by atoms with Crippen LogP contribution in [0.25, 0.3) is 10.2 Å². The van der Waals surface area contributed by atoms with Gasteiger partial charge in [0.25, 0.3) is 5.91 Å². The van der Waals surface area contributed by atoms with Crippen LogP contribution in [-0.4, -0.2) is 16.0 Å². The largest absolute Gasteiger partial charge is 0.507 e. The number of alkyl halides is 3. The van der Waals surface area contributed by atoms with Crippen molar-refractivity contribution in [3.05, 3.63) is 77.9 Å². The van der Waals surface area contributed by atoms with E-state index in [-0.39, 0.29) is 21.9 Å². The molecule has 3 aromatic carbocycles. The summed E-state index contributed by atoms with van der Waals surface area (Å²) in [5.74, 6) is -0.957. The standard InChI is InChI=1S/C21H13F3N2O2S2/c22-21(23,24)14-11-12(25-19(28)13-5-1-3-7-16(13)27)9-10-17(14)29-20-26-15-6-2-4-8-18(15)30-20/h1-11,27H,(H,25,28). The van der Waals surface area contributed by atoms with Gasteiger partial charge in [0, 0.05) is 10.6 Å². The van der Waals surface area contributed by atoms with Gasteiger partial charge in [-0.15, -0.1) is 11.3 Å². The van der Waals surface area contributed by atoms with Crippen molar-refractivity contribution >= 4 is 44.9 Å². The zero-order chi connectivity index (χ0) is 21.3. The Morgan fingerprint density at radius 3 is 2.50 bits per heavy atom. The minimum Gasteiger partial charge on any atom is -0.507 e. The number of benzene rings is 3. The van der Waals surface area contributed by atoms with E-state index in [1.807, 2.05) is 18.2 Å². The summed E-state index contributed by atoms with van der Waals surface area (Å²) in [6.07, 6.45) is -4.62. The fraction of sp³-hybridized carbons (Fsp3) is 0.0476. The number of halogens is 3. The number of aromatic nitrogens is 1. The maximum atomic E-state index is 13.7. The normalized spacial score (nSPS) is 11.6. The molecule has 30 heavy (non-hydrogen) atoms. The van der Waals surface area contributed by atoms with Crippen molar-refractivity contribution in [2.24, 2.45) is 0 Å². The maximum Gasteiger partial charge on any atom is 0.417 e. The average molecular weight is 446 g/mol. The molecule has 1 aromatic heterocycles. The Balaban J connectivity index is 1.64. The summed E-state index contributed by atoms with van der Waals surface area (Å²) < 4.78 is 42.4. The third kappa shape index (κ3) is 4.27. The number of phenolic OH excluding ortho intramolecular Hbond substituents is 1. The summed E-state index contributed by atoms with van der Waals surface area (Å²) in [5.41, 5.74) is -0.199. The number of nitrogens with zero attached hydrogens (tertiary/aromatic N) is 1. The third-order valence-electron chi connectivity index (χ3n) is 4.16. The summed E-state index contributed by atoms with van der Waals surface area (Å²) in [6.45, 7) is 0. The van der Waals surface area contributed by atoms with Crippen LogP contribution in [0.3, 0.4) is 0 Å². The van der Waals surface area contributed by atoms with E-state index in [9.17, 15) is 23.1 Å². The van der Waals surface area contributed by atoms with Crippen molar-refractivity contribution in [2.45, 2.75) is 15.4 Å². The lowest BCUT2D eigenvalue weighted by molar-refractivity contribution is -0.139. The number of thiazole rings is 1. The van der Waals surface area contributed by atoms with Gasteiger partial charge in [0.2, 0.25) is 0 Å². The first-order valence-electron chi connectivity index (χ1n) is 8.65. The number of carbonyl (C=O) groups is 1. The van der Waals surface area contributed by atoms with Crippen LogP contribution in [0.2, 0.25) is 0 Å². The number of hydrogen-bond acceptors (Lipinski definition) is 5. The molecule has 0 saturated heterocycles. The van der Waals surface area contributed by atoms with Gasteiger partial charge < -0.3 is 10.4 Å². The lowest BCUT2D eigenvalue weighted by Gasteiger charge is -2.14. The van der Waals surface area contributed by atoms with Crippen LogP contribution in [-0.2, 0) is 6.18 Å². The molecule has 152 valence electrons. The van der Waals surface area contributed by atoms with Crippen LogP contribution in [0, 0.1) is 0 Å². The van der Waals surface area contributed by atoms with Gasteiger partial charge in [-0.05, 0) is 42.5 Å². The van der Waals surface area contributed by atoms with E-state index in [4.69, 9.17) is 0 Å². The number of aromatic hydroxyl groups is 1. The molecule has 0 aliphatic carbocycles. The highest BCUT2D eigenvalue weighted by Gasteiger charge is 2.34. The number of para-hydroxylation sites is 2. The van der Waals surface area contributed by atoms with E-state index in [0.29, 0.717) is 4.34 Å². The molecule has 0 fully saturated rings. The van der Waals surface area contributed by atoms with Crippen molar-refractivity contribution in [1.29, 1.82) is 0 Å². The highest BCUT2D eigenvalue weighted by molar-refractivity contribution is 8.01. The monoisotopic (exact) mass is 446 g/mol. The van der Waals surface area contributed by atoms with Crippen LogP contribution in [0.1, 0.15) is 15.9 Å². The molecule has 1 amide bonds. The van der Waals surface area contributed by atoms with Crippen LogP contribution in [0.4, 0.5) is 18.9 Å². The molecule has 0 spiro atoms. The van der Waals surface area contributed by atoms with Crippen molar-refractivity contribution in [2.75, 3.05) is 5.32 Å². The van der Waals surface area contributed by atoms with E-state index < -0.39 is 17.6 Å². The van der Waals surface area contributed by atoms with Crippen LogP contribution >= 0.6 is 23.1 Å². The molecular formula is C21H13F3N2O2S2. The summed E-state index contributed by atoms with van der Waals surface area (Å²) in [5, 5.41) is 12.2. The second-order valence-electron chi connectivity index (χ2n) is 6.23. The van der Waals surface area contributed by atoms with Crippen molar-refractivity contribution in [1.82, 2.24) is 4.98 Å². The maximum absolute atomic E-state index is 13.7. The highest BCUT2D eigenvalue weighted by atomic mass is 32.2. The second kappa shape index (κ2) is 8.00. The van der Waals surface area contributed by atoms with E-state index in [1.54, 1.807) is 18.2 Å². The van der Waals surface area contributed by atoms with Gasteiger partial charge >= 0.3 is 6.18 Å². The minimum absolute atomic E-state index is 0.0119. The lowest BCUT2D eigenvalue weighted by atomic mass is 10.1. The zero-order valence-electron chi connectivity index (χ0n) is 15.1. The smallest absolute Gasteiger partial charge is 0.417 e. The number of fused-ring (bicyclic) bond motifs is 1. The molecule has 0 unspecified atom stereocenters. The van der Waals surface area contributed by atoms with Crippen molar-refractivity contribution in [3.63, 3.8) is 0 Å². The van der Waals surface area contributed by atoms with Crippen molar-refractivity contribution in [3.8, 4) is 5.75 Å². The number of nitrogens with one attached hydrogen (secondary N) is 1. The van der Waals surface area contributed by atoms with Gasteiger partial charge in [0.1, 0.15) is 5.75 Å². The molecule has 0 atom stereocenters. The Bertz CT molecular complexity index is 1210. The topological polar surface area (TPSA) is 62.2 Å². The van der Waals surface area contributed by atoms with E-state index in [1.165, 1.54) is 35.6 Å². The predicted octanol–water partition coefficient (Wildman–Crippen LogP) is 6.42. The molecule has 0 radical (unpaired) electrons. The molecule has 0 saturated carbocycles.